The van der Waals surface area contributed by atoms with Crippen LogP contribution in [0.15, 0.2) is 29.3 Å². The van der Waals surface area contributed by atoms with E-state index in [1.54, 1.807) is 0 Å². The summed E-state index contributed by atoms with van der Waals surface area (Å²) in [6.45, 7) is 3.30. The van der Waals surface area contributed by atoms with E-state index in [-0.39, 0.29) is 10.0 Å². The molecule has 0 saturated carbocycles. The number of aliphatic hydroxyl groups is 1. The van der Waals surface area contributed by atoms with E-state index in [0.717, 1.165) is 0 Å². The Morgan fingerprint density at radius 1 is 1.38 bits per heavy atom. The van der Waals surface area contributed by atoms with Crippen LogP contribution in [0.25, 0.3) is 0 Å². The SMILES string of the molecule is C=CC(O)c1cc(Br)c(F)cc1F. The molecule has 0 amide bonds. The fourth-order valence-electron chi connectivity index (χ4n) is 0.892. The number of aliphatic hydroxyl groups excluding tert-OH is 1. The van der Waals surface area contributed by atoms with Crippen molar-refractivity contribution in [1.29, 1.82) is 0 Å². The quantitative estimate of drug-likeness (QED) is 0.631. The Hall–Kier alpha value is -0.740. The summed E-state index contributed by atoms with van der Waals surface area (Å²) in [5, 5.41) is 9.22. The molecule has 0 aliphatic rings. The van der Waals surface area contributed by atoms with Gasteiger partial charge in [0.1, 0.15) is 11.6 Å². The van der Waals surface area contributed by atoms with Crippen molar-refractivity contribution in [3.05, 3.63) is 46.5 Å². The van der Waals surface area contributed by atoms with Gasteiger partial charge in [0.15, 0.2) is 0 Å². The van der Waals surface area contributed by atoms with Gasteiger partial charge in [-0.3, -0.25) is 0 Å². The monoisotopic (exact) mass is 248 g/mol. The second kappa shape index (κ2) is 3.98. The van der Waals surface area contributed by atoms with Crippen molar-refractivity contribution in [3.8, 4) is 0 Å². The first-order chi connectivity index (χ1) is 6.06. The van der Waals surface area contributed by atoms with E-state index in [9.17, 15) is 13.9 Å². The van der Waals surface area contributed by atoms with Crippen LogP contribution in [0.1, 0.15) is 11.7 Å². The fraction of sp³-hybridized carbons (Fsp3) is 0.111. The van der Waals surface area contributed by atoms with Crippen LogP contribution < -0.4 is 0 Å². The molecule has 0 aliphatic carbocycles. The molecule has 70 valence electrons. The van der Waals surface area contributed by atoms with Gasteiger partial charge in [-0.2, -0.15) is 0 Å². The maximum atomic E-state index is 13.0. The largest absolute Gasteiger partial charge is 0.384 e. The highest BCUT2D eigenvalue weighted by Crippen LogP contribution is 2.24. The molecular weight excluding hydrogens is 242 g/mol. The van der Waals surface area contributed by atoms with Crippen LogP contribution >= 0.6 is 15.9 Å². The van der Waals surface area contributed by atoms with Gasteiger partial charge in [-0.05, 0) is 22.0 Å². The summed E-state index contributed by atoms with van der Waals surface area (Å²) in [4.78, 5) is 0. The third-order valence-electron chi connectivity index (χ3n) is 1.58. The molecule has 0 heterocycles. The molecule has 0 bridgehead atoms. The van der Waals surface area contributed by atoms with E-state index in [4.69, 9.17) is 0 Å². The molecule has 1 unspecified atom stereocenters. The lowest BCUT2D eigenvalue weighted by atomic mass is 10.1. The standard InChI is InChI=1S/C9H7BrF2O/c1-2-9(13)5-3-6(10)8(12)4-7(5)11/h2-4,9,13H,1H2. The van der Waals surface area contributed by atoms with Gasteiger partial charge in [0.25, 0.3) is 0 Å². The molecule has 1 aromatic rings. The van der Waals surface area contributed by atoms with E-state index in [2.05, 4.69) is 22.5 Å². The van der Waals surface area contributed by atoms with Crippen molar-refractivity contribution >= 4 is 15.9 Å². The topological polar surface area (TPSA) is 20.2 Å². The minimum absolute atomic E-state index is 0.00303. The van der Waals surface area contributed by atoms with Crippen molar-refractivity contribution in [2.24, 2.45) is 0 Å². The lowest BCUT2D eigenvalue weighted by Crippen LogP contribution is -1.98. The maximum absolute atomic E-state index is 13.0. The molecule has 1 nitrogen and oxygen atoms in total. The lowest BCUT2D eigenvalue weighted by molar-refractivity contribution is 0.223. The highest BCUT2D eigenvalue weighted by molar-refractivity contribution is 9.10. The van der Waals surface area contributed by atoms with Gasteiger partial charge < -0.3 is 5.11 Å². The van der Waals surface area contributed by atoms with Crippen molar-refractivity contribution in [2.45, 2.75) is 6.10 Å². The fourth-order valence-corrected chi connectivity index (χ4v) is 1.25. The van der Waals surface area contributed by atoms with E-state index in [0.29, 0.717) is 6.07 Å². The number of halogens is 3. The first-order valence-corrected chi connectivity index (χ1v) is 4.30. The molecule has 0 aliphatic heterocycles. The van der Waals surface area contributed by atoms with E-state index in [1.807, 2.05) is 0 Å². The minimum atomic E-state index is -1.11. The Morgan fingerprint density at radius 3 is 2.54 bits per heavy atom. The van der Waals surface area contributed by atoms with Crippen LogP contribution in [0.5, 0.6) is 0 Å². The second-order valence-electron chi connectivity index (χ2n) is 2.47. The van der Waals surface area contributed by atoms with Crippen LogP contribution in [0.4, 0.5) is 8.78 Å². The number of benzene rings is 1. The zero-order chi connectivity index (χ0) is 10.0. The summed E-state index contributed by atoms with van der Waals surface area (Å²) in [6.07, 6.45) is 0.0554. The van der Waals surface area contributed by atoms with Crippen molar-refractivity contribution in [3.63, 3.8) is 0 Å². The van der Waals surface area contributed by atoms with E-state index < -0.39 is 17.7 Å². The predicted molar refractivity (Wildman–Crippen MR) is 49.2 cm³/mol. The third kappa shape index (κ3) is 2.14. The van der Waals surface area contributed by atoms with Crippen LogP contribution in [-0.4, -0.2) is 5.11 Å². The highest BCUT2D eigenvalue weighted by Gasteiger charge is 2.12. The van der Waals surface area contributed by atoms with Gasteiger partial charge in [0.2, 0.25) is 0 Å². The Labute approximate surface area is 82.8 Å². The molecule has 0 aromatic heterocycles. The molecular formula is C9H7BrF2O. The average molecular weight is 249 g/mol. The molecule has 0 fully saturated rings. The van der Waals surface area contributed by atoms with Gasteiger partial charge in [-0.25, -0.2) is 8.78 Å². The molecule has 4 heteroatoms. The Bertz CT molecular complexity index is 339. The summed E-state index contributed by atoms with van der Waals surface area (Å²) < 4.78 is 25.8. The Kier molecular flexibility index (Phi) is 3.17. The van der Waals surface area contributed by atoms with Crippen LogP contribution in [0.3, 0.4) is 0 Å². The molecule has 1 N–H and O–H groups in total. The van der Waals surface area contributed by atoms with Crippen LogP contribution in [0, 0.1) is 11.6 Å². The average Bonchev–Trinajstić information content (AvgIpc) is 2.10. The molecule has 1 atom stereocenters. The predicted octanol–water partition coefficient (Wildman–Crippen LogP) is 2.95. The van der Waals surface area contributed by atoms with Gasteiger partial charge >= 0.3 is 0 Å². The molecule has 1 aromatic carbocycles. The van der Waals surface area contributed by atoms with Gasteiger partial charge in [0.05, 0.1) is 10.6 Å². The zero-order valence-corrected chi connectivity index (χ0v) is 8.18. The summed E-state index contributed by atoms with van der Waals surface area (Å²) in [7, 11) is 0. The van der Waals surface area contributed by atoms with E-state index in [1.165, 1.54) is 12.1 Å². The molecule has 0 saturated heterocycles. The van der Waals surface area contributed by atoms with Crippen LogP contribution in [0.2, 0.25) is 0 Å². The van der Waals surface area contributed by atoms with Crippen LogP contribution in [-0.2, 0) is 0 Å². The highest BCUT2D eigenvalue weighted by atomic mass is 79.9. The van der Waals surface area contributed by atoms with Crippen molar-refractivity contribution in [2.75, 3.05) is 0 Å². The van der Waals surface area contributed by atoms with E-state index >= 15 is 0 Å². The maximum Gasteiger partial charge on any atom is 0.140 e. The first-order valence-electron chi connectivity index (χ1n) is 3.51. The smallest absolute Gasteiger partial charge is 0.140 e. The van der Waals surface area contributed by atoms with Gasteiger partial charge in [0, 0.05) is 11.6 Å². The third-order valence-corrected chi connectivity index (χ3v) is 2.19. The molecule has 13 heavy (non-hydrogen) atoms. The number of rotatable bonds is 2. The number of hydrogen-bond acceptors (Lipinski definition) is 1. The molecule has 0 radical (unpaired) electrons. The van der Waals surface area contributed by atoms with Gasteiger partial charge in [-0.1, -0.05) is 6.08 Å². The zero-order valence-electron chi connectivity index (χ0n) is 6.60. The Balaban J connectivity index is 3.22. The summed E-state index contributed by atoms with van der Waals surface area (Å²) >= 11 is 2.89. The minimum Gasteiger partial charge on any atom is -0.384 e. The number of hydrogen-bond donors (Lipinski definition) is 1. The normalized spacial score (nSPS) is 12.6. The summed E-state index contributed by atoms with van der Waals surface area (Å²) in [6, 6.07) is 1.91. The van der Waals surface area contributed by atoms with Gasteiger partial charge in [-0.15, -0.1) is 6.58 Å². The Morgan fingerprint density at radius 2 is 2.00 bits per heavy atom. The lowest BCUT2D eigenvalue weighted by Gasteiger charge is -2.07. The first kappa shape index (κ1) is 10.3. The van der Waals surface area contributed by atoms with Crippen molar-refractivity contribution < 1.29 is 13.9 Å². The van der Waals surface area contributed by atoms with Crippen molar-refractivity contribution in [1.82, 2.24) is 0 Å². The molecule has 0 spiro atoms. The summed E-state index contributed by atoms with van der Waals surface area (Å²) in [5.74, 6) is -1.48. The summed E-state index contributed by atoms with van der Waals surface area (Å²) in [5.41, 5.74) is 0.00303. The second-order valence-corrected chi connectivity index (χ2v) is 3.32. The molecule has 1 rings (SSSR count).